The molecule has 0 aromatic rings. The van der Waals surface area contributed by atoms with Crippen LogP contribution in [0.5, 0.6) is 0 Å². The van der Waals surface area contributed by atoms with Crippen LogP contribution in [0.25, 0.3) is 0 Å². The van der Waals surface area contributed by atoms with E-state index in [0.717, 1.165) is 6.92 Å². The van der Waals surface area contributed by atoms with Crippen LogP contribution in [-0.2, 0) is 0 Å². The third-order valence-corrected chi connectivity index (χ3v) is 0. The maximum Gasteiger partial charge on any atom is 0.193 e. The molecule has 1 nitrogen and oxygen atoms in total. The molecule has 0 bridgehead atoms. The van der Waals surface area contributed by atoms with Crippen molar-refractivity contribution in [3.8, 4) is 0 Å². The highest BCUT2D eigenvalue weighted by Gasteiger charge is 1.75. The van der Waals surface area contributed by atoms with Crippen LogP contribution in [0.3, 0.4) is 0 Å². The smallest absolute Gasteiger partial charge is 0.193 e. The number of aliphatic hydroxyl groups excluding tert-OH is 1. The van der Waals surface area contributed by atoms with Gasteiger partial charge in [0.05, 0.1) is 0 Å². The Bertz CT molecular complexity index is 10.8. The standard InChI is InChI=1S/C2H5FO/c1-2(3)4/h2,4H,1H3/t2-/m1/s1. The molecule has 0 aliphatic heterocycles. The van der Waals surface area contributed by atoms with E-state index in [4.69, 9.17) is 5.11 Å². The van der Waals surface area contributed by atoms with Crippen molar-refractivity contribution in [1.82, 2.24) is 0 Å². The van der Waals surface area contributed by atoms with Gasteiger partial charge < -0.3 is 5.11 Å². The minimum atomic E-state index is -1.67. The minimum Gasteiger partial charge on any atom is -0.364 e. The lowest BCUT2D eigenvalue weighted by Gasteiger charge is -1.75. The van der Waals surface area contributed by atoms with Crippen molar-refractivity contribution in [1.29, 1.82) is 0 Å². The van der Waals surface area contributed by atoms with Gasteiger partial charge in [0.1, 0.15) is 0 Å². The topological polar surface area (TPSA) is 20.2 Å². The Morgan fingerprint density at radius 1 is 2.00 bits per heavy atom. The molecule has 2 heteroatoms. The molecule has 1 atom stereocenters. The highest BCUT2D eigenvalue weighted by Crippen LogP contribution is 1.71. The van der Waals surface area contributed by atoms with E-state index in [1.807, 2.05) is 0 Å². The number of halogens is 1. The van der Waals surface area contributed by atoms with Crippen LogP contribution in [0.2, 0.25) is 0 Å². The first-order chi connectivity index (χ1) is 1.73. The van der Waals surface area contributed by atoms with Crippen LogP contribution in [0, 0.1) is 0 Å². The second-order valence-corrected chi connectivity index (χ2v) is 0.574. The molecule has 0 fully saturated rings. The lowest BCUT2D eigenvalue weighted by molar-refractivity contribution is 0.0607. The molecule has 0 saturated heterocycles. The van der Waals surface area contributed by atoms with E-state index < -0.39 is 6.36 Å². The molecule has 0 spiro atoms. The molecule has 0 aromatic carbocycles. The first-order valence-electron chi connectivity index (χ1n) is 1.05. The fourth-order valence-electron chi connectivity index (χ4n) is 0. The maximum absolute atomic E-state index is 10.6. The Labute approximate surface area is 24.1 Å². The molecule has 1 N–H and O–H groups in total. The highest BCUT2D eigenvalue weighted by molar-refractivity contribution is 4.04. The molecule has 0 rings (SSSR count). The number of hydrogen-bond donors (Lipinski definition) is 1. The van der Waals surface area contributed by atoms with Crippen molar-refractivity contribution in [3.05, 3.63) is 0 Å². The van der Waals surface area contributed by atoms with Gasteiger partial charge in [0.15, 0.2) is 6.36 Å². The normalized spacial score (nSPS) is 15.8. The van der Waals surface area contributed by atoms with Crippen molar-refractivity contribution < 1.29 is 9.50 Å². The lowest BCUT2D eigenvalue weighted by atomic mass is 10.8. The van der Waals surface area contributed by atoms with Crippen LogP contribution in [-0.4, -0.2) is 11.5 Å². The monoisotopic (exact) mass is 64.0 g/mol. The van der Waals surface area contributed by atoms with Crippen LogP contribution < -0.4 is 0 Å². The van der Waals surface area contributed by atoms with Crippen LogP contribution >= 0.6 is 0 Å². The van der Waals surface area contributed by atoms with Gasteiger partial charge in [0, 0.05) is 0 Å². The molecule has 0 amide bonds. The minimum absolute atomic E-state index is 1.06. The maximum atomic E-state index is 10.6. The summed E-state index contributed by atoms with van der Waals surface area (Å²) in [7, 11) is 0. The molecule has 0 unspecified atom stereocenters. The lowest BCUT2D eigenvalue weighted by Crippen LogP contribution is -1.82. The van der Waals surface area contributed by atoms with Crippen molar-refractivity contribution >= 4 is 0 Å². The average Bonchev–Trinajstić information content (AvgIpc) is 0.811. The summed E-state index contributed by atoms with van der Waals surface area (Å²) in [4.78, 5) is 0. The van der Waals surface area contributed by atoms with E-state index in [1.54, 1.807) is 0 Å². The zero-order chi connectivity index (χ0) is 3.58. The van der Waals surface area contributed by atoms with Crippen molar-refractivity contribution in [2.45, 2.75) is 13.3 Å². The molecule has 0 aliphatic carbocycles. The van der Waals surface area contributed by atoms with Gasteiger partial charge in [-0.2, -0.15) is 0 Å². The third kappa shape index (κ3) is 124. The van der Waals surface area contributed by atoms with Gasteiger partial charge in [0.2, 0.25) is 0 Å². The van der Waals surface area contributed by atoms with Gasteiger partial charge in [-0.25, -0.2) is 4.39 Å². The van der Waals surface area contributed by atoms with E-state index in [2.05, 4.69) is 0 Å². The zero-order valence-electron chi connectivity index (χ0n) is 2.40. The van der Waals surface area contributed by atoms with Crippen molar-refractivity contribution in [3.63, 3.8) is 0 Å². The Morgan fingerprint density at radius 3 is 2.00 bits per heavy atom. The number of alkyl halides is 1. The van der Waals surface area contributed by atoms with Crippen LogP contribution in [0.1, 0.15) is 6.92 Å². The highest BCUT2D eigenvalue weighted by atomic mass is 19.1. The Hall–Kier alpha value is -0.110. The molecule has 0 saturated carbocycles. The summed E-state index contributed by atoms with van der Waals surface area (Å²) in [6.45, 7) is 1.06. The second-order valence-electron chi connectivity index (χ2n) is 0.574. The number of aliphatic hydroxyl groups is 1. The molecule has 0 aliphatic rings. The van der Waals surface area contributed by atoms with E-state index in [1.165, 1.54) is 0 Å². The third-order valence-electron chi connectivity index (χ3n) is 0. The van der Waals surface area contributed by atoms with E-state index in [9.17, 15) is 4.39 Å². The first kappa shape index (κ1) is 3.89. The summed E-state index contributed by atoms with van der Waals surface area (Å²) < 4.78 is 10.6. The van der Waals surface area contributed by atoms with Crippen molar-refractivity contribution in [2.24, 2.45) is 0 Å². The summed E-state index contributed by atoms with van der Waals surface area (Å²) in [5.74, 6) is 0. The summed E-state index contributed by atoms with van der Waals surface area (Å²) in [6.07, 6.45) is -1.67. The SMILES string of the molecule is C[C@@H](O)F. The molecule has 0 radical (unpaired) electrons. The summed E-state index contributed by atoms with van der Waals surface area (Å²) >= 11 is 0. The fraction of sp³-hybridized carbons (Fsp3) is 1.00. The largest absolute Gasteiger partial charge is 0.364 e. The second kappa shape index (κ2) is 1.24. The van der Waals surface area contributed by atoms with Crippen LogP contribution in [0.4, 0.5) is 4.39 Å². The molecule has 26 valence electrons. The summed E-state index contributed by atoms with van der Waals surface area (Å²) in [5, 5.41) is 7.39. The molecular formula is C2H5FO. The van der Waals surface area contributed by atoms with Gasteiger partial charge in [-0.05, 0) is 6.92 Å². The van der Waals surface area contributed by atoms with E-state index in [-0.39, 0.29) is 0 Å². The first-order valence-corrected chi connectivity index (χ1v) is 1.05. The number of hydrogen-bond acceptors (Lipinski definition) is 1. The van der Waals surface area contributed by atoms with Gasteiger partial charge in [0.25, 0.3) is 0 Å². The predicted octanol–water partition coefficient (Wildman–Crippen LogP) is 0.294. The zero-order valence-corrected chi connectivity index (χ0v) is 2.40. The molecule has 0 heterocycles. The summed E-state index contributed by atoms with van der Waals surface area (Å²) in [6, 6.07) is 0. The van der Waals surface area contributed by atoms with Crippen molar-refractivity contribution in [2.75, 3.05) is 0 Å². The Morgan fingerprint density at radius 2 is 2.00 bits per heavy atom. The van der Waals surface area contributed by atoms with E-state index >= 15 is 0 Å². The molecule has 4 heavy (non-hydrogen) atoms. The van der Waals surface area contributed by atoms with Gasteiger partial charge in [-0.15, -0.1) is 0 Å². The Balaban J connectivity index is 2.32. The van der Waals surface area contributed by atoms with Crippen LogP contribution in [0.15, 0.2) is 0 Å². The van der Waals surface area contributed by atoms with Gasteiger partial charge >= 0.3 is 0 Å². The molecule has 0 aromatic heterocycles. The Kier molecular flexibility index (Phi) is 1.20. The fourth-order valence-corrected chi connectivity index (χ4v) is 0. The predicted molar refractivity (Wildman–Crippen MR) is 12.8 cm³/mol. The number of rotatable bonds is 0. The average molecular weight is 64.1 g/mol. The summed E-state index contributed by atoms with van der Waals surface area (Å²) in [5.41, 5.74) is 0. The van der Waals surface area contributed by atoms with Gasteiger partial charge in [-0.3, -0.25) is 0 Å². The van der Waals surface area contributed by atoms with E-state index in [0.29, 0.717) is 0 Å². The molecular weight excluding hydrogens is 59.0 g/mol. The quantitative estimate of drug-likeness (QED) is 0.429. The van der Waals surface area contributed by atoms with Gasteiger partial charge in [-0.1, -0.05) is 0 Å².